The van der Waals surface area contributed by atoms with Crippen LogP contribution in [0.15, 0.2) is 24.5 Å². The molecule has 0 aliphatic carbocycles. The van der Waals surface area contributed by atoms with Gasteiger partial charge in [0, 0.05) is 19.1 Å². The Morgan fingerprint density at radius 2 is 2.00 bits per heavy atom. The van der Waals surface area contributed by atoms with Gasteiger partial charge in [0.2, 0.25) is 0 Å². The summed E-state index contributed by atoms with van der Waals surface area (Å²) in [6, 6.07) is 6.37. The molecule has 2 rings (SSSR count). The van der Waals surface area contributed by atoms with Crippen molar-refractivity contribution in [2.24, 2.45) is 5.41 Å². The molecule has 0 radical (unpaired) electrons. The molecule has 22 heavy (non-hydrogen) atoms. The van der Waals surface area contributed by atoms with Crippen molar-refractivity contribution in [3.63, 3.8) is 0 Å². The van der Waals surface area contributed by atoms with Crippen molar-refractivity contribution >= 4 is 17.1 Å². The lowest BCUT2D eigenvalue weighted by Crippen LogP contribution is -2.39. The Labute approximate surface area is 132 Å². The Balaban J connectivity index is 1.96. The number of carbonyl (C=O) groups is 1. The van der Waals surface area contributed by atoms with Crippen LogP contribution in [-0.4, -0.2) is 22.1 Å². The van der Waals surface area contributed by atoms with E-state index in [1.807, 2.05) is 18.5 Å². The average molecular weight is 302 g/mol. The Morgan fingerprint density at radius 1 is 1.27 bits per heavy atom. The minimum absolute atomic E-state index is 0.0833. The minimum Gasteiger partial charge on any atom is -0.338 e. The van der Waals surface area contributed by atoms with Crippen molar-refractivity contribution < 1.29 is 4.79 Å². The van der Waals surface area contributed by atoms with Crippen molar-refractivity contribution in [1.82, 2.24) is 20.2 Å². The predicted molar refractivity (Wildman–Crippen MR) is 89.8 cm³/mol. The molecule has 1 aromatic heterocycles. The maximum Gasteiger partial charge on any atom is 0.315 e. The first-order chi connectivity index (χ1) is 10.3. The first-order valence-corrected chi connectivity index (χ1v) is 7.73. The van der Waals surface area contributed by atoms with E-state index in [1.165, 1.54) is 0 Å². The fraction of sp³-hybridized carbons (Fsp3) is 0.529. The third kappa shape index (κ3) is 4.23. The molecule has 1 heterocycles. The quantitative estimate of drug-likeness (QED) is 0.908. The number of nitrogens with zero attached hydrogens (tertiary/aromatic N) is 2. The largest absolute Gasteiger partial charge is 0.338 e. The molecular weight excluding hydrogens is 276 g/mol. The molecule has 2 aromatic rings. The molecule has 1 aromatic carbocycles. The summed E-state index contributed by atoms with van der Waals surface area (Å²) in [5, 5.41) is 5.76. The van der Waals surface area contributed by atoms with Crippen molar-refractivity contribution in [3.05, 3.63) is 30.1 Å². The SMILES string of the molecule is CC(C)n1cnc2cc(CNC(=O)NCC(C)(C)C)ccc21. The van der Waals surface area contributed by atoms with Gasteiger partial charge in [0.25, 0.3) is 0 Å². The summed E-state index contributed by atoms with van der Waals surface area (Å²) in [5.41, 5.74) is 3.21. The van der Waals surface area contributed by atoms with Gasteiger partial charge in [-0.25, -0.2) is 9.78 Å². The number of nitrogens with one attached hydrogen (secondary N) is 2. The summed E-state index contributed by atoms with van der Waals surface area (Å²) >= 11 is 0. The van der Waals surface area contributed by atoms with Gasteiger partial charge in [0.05, 0.1) is 17.4 Å². The molecule has 5 heteroatoms. The zero-order valence-corrected chi connectivity index (χ0v) is 14.1. The Hall–Kier alpha value is -2.04. The van der Waals surface area contributed by atoms with Crippen LogP contribution in [0.2, 0.25) is 0 Å². The smallest absolute Gasteiger partial charge is 0.315 e. The summed E-state index contributed by atoms with van der Waals surface area (Å²) in [4.78, 5) is 16.2. The van der Waals surface area contributed by atoms with Gasteiger partial charge >= 0.3 is 6.03 Å². The first kappa shape index (κ1) is 16.3. The third-order valence-electron chi connectivity index (χ3n) is 3.43. The number of urea groups is 1. The number of hydrogen-bond acceptors (Lipinski definition) is 2. The fourth-order valence-electron chi connectivity index (χ4n) is 2.19. The molecule has 0 unspecified atom stereocenters. The van der Waals surface area contributed by atoms with E-state index in [0.29, 0.717) is 19.1 Å². The molecule has 0 saturated carbocycles. The number of amides is 2. The van der Waals surface area contributed by atoms with E-state index in [0.717, 1.165) is 16.6 Å². The number of aromatic nitrogens is 2. The van der Waals surface area contributed by atoms with Crippen molar-refractivity contribution in [2.45, 2.75) is 47.2 Å². The lowest BCUT2D eigenvalue weighted by atomic mass is 9.97. The second kappa shape index (κ2) is 6.38. The van der Waals surface area contributed by atoms with E-state index < -0.39 is 0 Å². The van der Waals surface area contributed by atoms with Crippen LogP contribution in [0.5, 0.6) is 0 Å². The van der Waals surface area contributed by atoms with Gasteiger partial charge in [-0.1, -0.05) is 26.8 Å². The highest BCUT2D eigenvalue weighted by Gasteiger charge is 2.12. The summed E-state index contributed by atoms with van der Waals surface area (Å²) in [6.07, 6.45) is 1.86. The van der Waals surface area contributed by atoms with Gasteiger partial charge in [-0.3, -0.25) is 0 Å². The topological polar surface area (TPSA) is 59.0 Å². The molecule has 5 nitrogen and oxygen atoms in total. The van der Waals surface area contributed by atoms with Gasteiger partial charge in [-0.05, 0) is 37.0 Å². The van der Waals surface area contributed by atoms with Crippen LogP contribution < -0.4 is 10.6 Å². The highest BCUT2D eigenvalue weighted by atomic mass is 16.2. The Kier molecular flexibility index (Phi) is 4.74. The normalized spacial score (nSPS) is 11.9. The fourth-order valence-corrected chi connectivity index (χ4v) is 2.19. The van der Waals surface area contributed by atoms with Gasteiger partial charge in [0.15, 0.2) is 0 Å². The van der Waals surface area contributed by atoms with Crippen LogP contribution in [0.25, 0.3) is 11.0 Å². The minimum atomic E-state index is -0.136. The number of hydrogen-bond donors (Lipinski definition) is 2. The zero-order chi connectivity index (χ0) is 16.3. The van der Waals surface area contributed by atoms with E-state index in [9.17, 15) is 4.79 Å². The second-order valence-electron chi connectivity index (χ2n) is 7.17. The molecule has 0 atom stereocenters. The number of rotatable bonds is 4. The molecule has 0 aliphatic rings. The maximum atomic E-state index is 11.8. The summed E-state index contributed by atoms with van der Waals surface area (Å²) in [6.45, 7) is 11.7. The molecule has 0 aliphatic heterocycles. The summed E-state index contributed by atoms with van der Waals surface area (Å²) in [7, 11) is 0. The molecule has 0 spiro atoms. The van der Waals surface area contributed by atoms with Crippen LogP contribution in [0, 0.1) is 5.41 Å². The molecule has 0 fully saturated rings. The number of fused-ring (bicyclic) bond motifs is 1. The van der Waals surface area contributed by atoms with Crippen LogP contribution in [-0.2, 0) is 6.54 Å². The van der Waals surface area contributed by atoms with E-state index in [1.54, 1.807) is 0 Å². The Morgan fingerprint density at radius 3 is 2.64 bits per heavy atom. The van der Waals surface area contributed by atoms with E-state index in [2.05, 4.69) is 60.9 Å². The highest BCUT2D eigenvalue weighted by molar-refractivity contribution is 5.77. The highest BCUT2D eigenvalue weighted by Crippen LogP contribution is 2.18. The Bertz CT molecular complexity index is 652. The molecular formula is C17H26N4O. The summed E-state index contributed by atoms with van der Waals surface area (Å²) in [5.74, 6) is 0. The van der Waals surface area contributed by atoms with Crippen molar-refractivity contribution in [1.29, 1.82) is 0 Å². The molecule has 2 N–H and O–H groups in total. The van der Waals surface area contributed by atoms with Crippen molar-refractivity contribution in [3.8, 4) is 0 Å². The van der Waals surface area contributed by atoms with Gasteiger partial charge in [0.1, 0.15) is 0 Å². The molecule has 120 valence electrons. The van der Waals surface area contributed by atoms with Gasteiger partial charge < -0.3 is 15.2 Å². The number of benzene rings is 1. The van der Waals surface area contributed by atoms with E-state index in [-0.39, 0.29) is 11.4 Å². The molecule has 0 saturated heterocycles. The van der Waals surface area contributed by atoms with Gasteiger partial charge in [-0.2, -0.15) is 0 Å². The van der Waals surface area contributed by atoms with Crippen LogP contribution >= 0.6 is 0 Å². The van der Waals surface area contributed by atoms with Crippen LogP contribution in [0.1, 0.15) is 46.2 Å². The second-order valence-corrected chi connectivity index (χ2v) is 7.17. The van der Waals surface area contributed by atoms with Crippen molar-refractivity contribution in [2.75, 3.05) is 6.54 Å². The lowest BCUT2D eigenvalue weighted by molar-refractivity contribution is 0.235. The maximum absolute atomic E-state index is 11.8. The number of carbonyl (C=O) groups excluding carboxylic acids is 1. The predicted octanol–water partition coefficient (Wildman–Crippen LogP) is 3.46. The molecule has 2 amide bonds. The lowest BCUT2D eigenvalue weighted by Gasteiger charge is -2.18. The third-order valence-corrected chi connectivity index (χ3v) is 3.43. The number of imidazole rings is 1. The average Bonchev–Trinajstić information content (AvgIpc) is 2.85. The standard InChI is InChI=1S/C17H26N4O/c1-12(2)21-11-20-14-8-13(6-7-15(14)21)9-18-16(22)19-10-17(3,4)5/h6-8,11-12H,9-10H2,1-5H3,(H2,18,19,22). The van der Waals surface area contributed by atoms with E-state index in [4.69, 9.17) is 0 Å². The van der Waals surface area contributed by atoms with Gasteiger partial charge in [-0.15, -0.1) is 0 Å². The van der Waals surface area contributed by atoms with Crippen LogP contribution in [0.4, 0.5) is 4.79 Å². The zero-order valence-electron chi connectivity index (χ0n) is 14.1. The first-order valence-electron chi connectivity index (χ1n) is 7.73. The van der Waals surface area contributed by atoms with E-state index >= 15 is 0 Å². The van der Waals surface area contributed by atoms with Crippen LogP contribution in [0.3, 0.4) is 0 Å². The summed E-state index contributed by atoms with van der Waals surface area (Å²) < 4.78 is 2.14. The molecule has 0 bridgehead atoms. The monoisotopic (exact) mass is 302 g/mol.